The lowest BCUT2D eigenvalue weighted by atomic mass is 10.2. The van der Waals surface area contributed by atoms with Crippen molar-refractivity contribution in [3.8, 4) is 17.6 Å². The molecule has 0 saturated heterocycles. The third-order valence-corrected chi connectivity index (χ3v) is 2.76. The van der Waals surface area contributed by atoms with Gasteiger partial charge < -0.3 is 9.47 Å². The summed E-state index contributed by atoms with van der Waals surface area (Å²) in [5.74, 6) is 1.37. The van der Waals surface area contributed by atoms with Crippen LogP contribution in [-0.4, -0.2) is 18.2 Å². The minimum Gasteiger partial charge on any atom is -0.490 e. The molecule has 0 N–H and O–H groups in total. The van der Waals surface area contributed by atoms with E-state index >= 15 is 0 Å². The van der Waals surface area contributed by atoms with E-state index in [2.05, 4.69) is 11.1 Å². The quantitative estimate of drug-likeness (QED) is 0.782. The van der Waals surface area contributed by atoms with E-state index in [1.165, 1.54) is 0 Å². The summed E-state index contributed by atoms with van der Waals surface area (Å²) in [5, 5.41) is 9.12. The monoisotopic (exact) mass is 268 g/mol. The predicted molar refractivity (Wildman–Crippen MR) is 75.9 cm³/mol. The van der Waals surface area contributed by atoms with Crippen molar-refractivity contribution in [1.82, 2.24) is 4.98 Å². The van der Waals surface area contributed by atoms with E-state index in [0.717, 1.165) is 11.4 Å². The molecule has 4 nitrogen and oxygen atoms in total. The second-order valence-corrected chi connectivity index (χ2v) is 4.34. The summed E-state index contributed by atoms with van der Waals surface area (Å²) in [6.45, 7) is 4.49. The van der Waals surface area contributed by atoms with Gasteiger partial charge >= 0.3 is 0 Å². The van der Waals surface area contributed by atoms with E-state index < -0.39 is 0 Å². The number of aromatic nitrogens is 1. The topological polar surface area (TPSA) is 55.1 Å². The normalized spacial score (nSPS) is 9.85. The summed E-state index contributed by atoms with van der Waals surface area (Å²) >= 11 is 0. The molecule has 1 aromatic heterocycles. The molecule has 0 aliphatic rings. The molecule has 102 valence electrons. The van der Waals surface area contributed by atoms with Crippen LogP contribution in [0.1, 0.15) is 17.0 Å². The minimum absolute atomic E-state index is 0.381. The third-order valence-electron chi connectivity index (χ3n) is 2.76. The molecule has 4 heteroatoms. The Labute approximate surface area is 118 Å². The first kappa shape index (κ1) is 13.9. The number of hydrogen-bond acceptors (Lipinski definition) is 4. The Morgan fingerprint density at radius 1 is 1.10 bits per heavy atom. The summed E-state index contributed by atoms with van der Waals surface area (Å²) < 4.78 is 11.2. The molecule has 0 fully saturated rings. The minimum atomic E-state index is 0.381. The summed E-state index contributed by atoms with van der Waals surface area (Å²) in [6.07, 6.45) is 0. The molecule has 0 bridgehead atoms. The van der Waals surface area contributed by atoms with E-state index in [9.17, 15) is 0 Å². The molecule has 20 heavy (non-hydrogen) atoms. The highest BCUT2D eigenvalue weighted by atomic mass is 16.5. The van der Waals surface area contributed by atoms with Crippen molar-refractivity contribution in [2.75, 3.05) is 13.2 Å². The van der Waals surface area contributed by atoms with Crippen molar-refractivity contribution in [2.45, 2.75) is 13.8 Å². The van der Waals surface area contributed by atoms with Crippen LogP contribution in [0.25, 0.3) is 0 Å². The Morgan fingerprint density at radius 3 is 2.50 bits per heavy atom. The van der Waals surface area contributed by atoms with Gasteiger partial charge in [-0.15, -0.1) is 0 Å². The summed E-state index contributed by atoms with van der Waals surface area (Å²) in [5.41, 5.74) is 2.00. The van der Waals surface area contributed by atoms with Crippen LogP contribution in [-0.2, 0) is 0 Å². The van der Waals surface area contributed by atoms with Gasteiger partial charge in [0.25, 0.3) is 0 Å². The van der Waals surface area contributed by atoms with E-state index in [0.29, 0.717) is 30.2 Å². The van der Waals surface area contributed by atoms with Gasteiger partial charge in [0.2, 0.25) is 0 Å². The first-order valence-corrected chi connectivity index (χ1v) is 6.39. The highest BCUT2D eigenvalue weighted by Crippen LogP contribution is 2.21. The van der Waals surface area contributed by atoms with Crippen LogP contribution in [0, 0.1) is 25.2 Å². The van der Waals surface area contributed by atoms with Gasteiger partial charge in [-0.25, -0.2) is 0 Å². The molecule has 0 aliphatic heterocycles. The zero-order valence-electron chi connectivity index (χ0n) is 11.6. The van der Waals surface area contributed by atoms with Gasteiger partial charge in [0.15, 0.2) is 0 Å². The van der Waals surface area contributed by atoms with Gasteiger partial charge in [-0.2, -0.15) is 5.26 Å². The van der Waals surface area contributed by atoms with Gasteiger partial charge in [-0.1, -0.05) is 18.2 Å². The zero-order valence-corrected chi connectivity index (χ0v) is 11.6. The number of pyridine rings is 1. The van der Waals surface area contributed by atoms with Crippen LogP contribution in [0.2, 0.25) is 0 Å². The van der Waals surface area contributed by atoms with Crippen LogP contribution in [0.4, 0.5) is 0 Å². The second-order valence-electron chi connectivity index (χ2n) is 4.34. The molecular formula is C16H16N2O2. The molecule has 1 heterocycles. The van der Waals surface area contributed by atoms with E-state index in [1.54, 1.807) is 13.0 Å². The highest BCUT2D eigenvalue weighted by molar-refractivity contribution is 5.46. The number of ether oxygens (including phenoxy) is 2. The van der Waals surface area contributed by atoms with Gasteiger partial charge in [0, 0.05) is 11.8 Å². The molecule has 0 unspecified atom stereocenters. The Kier molecular flexibility index (Phi) is 4.56. The Hall–Kier alpha value is -2.54. The number of para-hydroxylation sites is 1. The lowest BCUT2D eigenvalue weighted by Gasteiger charge is -2.11. The van der Waals surface area contributed by atoms with Gasteiger partial charge in [-0.05, 0) is 26.0 Å². The van der Waals surface area contributed by atoms with Gasteiger partial charge in [0.05, 0.1) is 5.69 Å². The number of nitriles is 1. The Bertz CT molecular complexity index is 618. The predicted octanol–water partition coefficient (Wildman–Crippen LogP) is 3.03. The number of hydrogen-bond donors (Lipinski definition) is 0. The fourth-order valence-corrected chi connectivity index (χ4v) is 1.87. The molecular weight excluding hydrogens is 252 g/mol. The molecule has 2 aromatic rings. The molecule has 0 aliphatic carbocycles. The first-order chi connectivity index (χ1) is 9.70. The summed E-state index contributed by atoms with van der Waals surface area (Å²) in [7, 11) is 0. The lowest BCUT2D eigenvalue weighted by Crippen LogP contribution is -2.10. The van der Waals surface area contributed by atoms with E-state index in [-0.39, 0.29) is 0 Å². The molecule has 0 radical (unpaired) electrons. The van der Waals surface area contributed by atoms with E-state index in [4.69, 9.17) is 14.7 Å². The second kappa shape index (κ2) is 6.58. The fourth-order valence-electron chi connectivity index (χ4n) is 1.87. The van der Waals surface area contributed by atoms with Crippen molar-refractivity contribution >= 4 is 0 Å². The van der Waals surface area contributed by atoms with Crippen molar-refractivity contribution in [1.29, 1.82) is 5.26 Å². The first-order valence-electron chi connectivity index (χ1n) is 6.39. The van der Waals surface area contributed by atoms with Crippen molar-refractivity contribution in [2.24, 2.45) is 0 Å². The molecule has 2 rings (SSSR count). The number of nitrogens with zero attached hydrogens (tertiary/aromatic N) is 2. The fraction of sp³-hybridized carbons (Fsp3) is 0.250. The van der Waals surface area contributed by atoms with Crippen LogP contribution in [0.3, 0.4) is 0 Å². The molecule has 0 saturated carbocycles. The standard InChI is InChI=1S/C16H16N2O2/c1-12-10-16(15(11-17)13(2)18-12)20-9-8-19-14-6-4-3-5-7-14/h3-7,10H,8-9H2,1-2H3. The van der Waals surface area contributed by atoms with E-state index in [1.807, 2.05) is 37.3 Å². The van der Waals surface area contributed by atoms with Gasteiger partial charge in [-0.3, -0.25) is 4.98 Å². The third kappa shape index (κ3) is 3.48. The summed E-state index contributed by atoms with van der Waals surface area (Å²) in [6, 6.07) is 13.4. The van der Waals surface area contributed by atoms with Gasteiger partial charge in [0.1, 0.15) is 36.3 Å². The van der Waals surface area contributed by atoms with Crippen molar-refractivity contribution in [3.05, 3.63) is 53.3 Å². The Morgan fingerprint density at radius 2 is 1.80 bits per heavy atom. The van der Waals surface area contributed by atoms with Crippen LogP contribution < -0.4 is 9.47 Å². The number of benzene rings is 1. The average Bonchev–Trinajstić information content (AvgIpc) is 2.44. The highest BCUT2D eigenvalue weighted by Gasteiger charge is 2.09. The van der Waals surface area contributed by atoms with Crippen molar-refractivity contribution < 1.29 is 9.47 Å². The number of rotatable bonds is 5. The lowest BCUT2D eigenvalue weighted by molar-refractivity contribution is 0.216. The molecule has 0 spiro atoms. The molecule has 0 amide bonds. The van der Waals surface area contributed by atoms with Crippen molar-refractivity contribution in [3.63, 3.8) is 0 Å². The maximum Gasteiger partial charge on any atom is 0.140 e. The molecule has 1 aromatic carbocycles. The maximum absolute atomic E-state index is 9.12. The smallest absolute Gasteiger partial charge is 0.140 e. The maximum atomic E-state index is 9.12. The summed E-state index contributed by atoms with van der Waals surface area (Å²) in [4.78, 5) is 4.25. The number of aryl methyl sites for hydroxylation is 2. The zero-order chi connectivity index (χ0) is 14.4. The van der Waals surface area contributed by atoms with Crippen LogP contribution in [0.15, 0.2) is 36.4 Å². The Balaban J connectivity index is 1.93. The van der Waals surface area contributed by atoms with Crippen LogP contribution >= 0.6 is 0 Å². The SMILES string of the molecule is Cc1cc(OCCOc2ccccc2)c(C#N)c(C)n1. The van der Waals surface area contributed by atoms with Crippen LogP contribution in [0.5, 0.6) is 11.5 Å². The molecule has 0 atom stereocenters. The average molecular weight is 268 g/mol. The largest absolute Gasteiger partial charge is 0.490 e.